The number of carbonyl (C=O) groups is 1. The summed E-state index contributed by atoms with van der Waals surface area (Å²) >= 11 is 0. The average Bonchev–Trinajstić information content (AvgIpc) is 2.49. The molecule has 0 aromatic heterocycles. The molecule has 1 saturated heterocycles. The van der Waals surface area contributed by atoms with Gasteiger partial charge in [0.25, 0.3) is 0 Å². The maximum Gasteiger partial charge on any atom is 0.244 e. The zero-order valence-electron chi connectivity index (χ0n) is 14.2. The molecule has 1 atom stereocenters. The standard InChI is InChI=1S/C16H24N2O4S/c1-10(2)15-16(19)17-8-9-18(15)23(20,21)14-7-6-13(22-5)11(3)12(14)4/h6-7,10,15H,8-9H2,1-5H3,(H,17,19). The van der Waals surface area contributed by atoms with Crippen LogP contribution >= 0.6 is 0 Å². The Bertz CT molecular complexity index is 713. The fourth-order valence-electron chi connectivity index (χ4n) is 2.97. The van der Waals surface area contributed by atoms with Gasteiger partial charge in [0.2, 0.25) is 15.9 Å². The van der Waals surface area contributed by atoms with Crippen LogP contribution in [0.15, 0.2) is 17.0 Å². The first-order valence-electron chi connectivity index (χ1n) is 7.65. The molecule has 7 heteroatoms. The summed E-state index contributed by atoms with van der Waals surface area (Å²) in [6.45, 7) is 7.90. The van der Waals surface area contributed by atoms with E-state index >= 15 is 0 Å². The van der Waals surface area contributed by atoms with Gasteiger partial charge in [-0.15, -0.1) is 0 Å². The third kappa shape index (κ3) is 3.07. The summed E-state index contributed by atoms with van der Waals surface area (Å²) in [5.41, 5.74) is 1.44. The van der Waals surface area contributed by atoms with Crippen LogP contribution in [-0.2, 0) is 14.8 Å². The number of nitrogens with one attached hydrogen (secondary N) is 1. The minimum atomic E-state index is -3.75. The molecule has 1 aliphatic rings. The smallest absolute Gasteiger partial charge is 0.244 e. The average molecular weight is 340 g/mol. The molecule has 0 radical (unpaired) electrons. The first kappa shape index (κ1) is 17.7. The van der Waals surface area contributed by atoms with Crippen molar-refractivity contribution in [1.82, 2.24) is 9.62 Å². The van der Waals surface area contributed by atoms with E-state index in [4.69, 9.17) is 4.74 Å². The second kappa shape index (κ2) is 6.49. The molecule has 1 aromatic rings. The Morgan fingerprint density at radius 1 is 1.26 bits per heavy atom. The summed E-state index contributed by atoms with van der Waals surface area (Å²) in [5.74, 6) is 0.306. The number of nitrogens with zero attached hydrogens (tertiary/aromatic N) is 1. The van der Waals surface area contributed by atoms with Gasteiger partial charge in [0, 0.05) is 13.1 Å². The molecule has 1 amide bonds. The number of sulfonamides is 1. The molecule has 1 unspecified atom stereocenters. The van der Waals surface area contributed by atoms with Crippen LogP contribution in [0.2, 0.25) is 0 Å². The first-order chi connectivity index (χ1) is 10.7. The highest BCUT2D eigenvalue weighted by Crippen LogP contribution is 2.31. The van der Waals surface area contributed by atoms with Gasteiger partial charge in [0.05, 0.1) is 12.0 Å². The number of rotatable bonds is 4. The number of methoxy groups -OCH3 is 1. The lowest BCUT2D eigenvalue weighted by Gasteiger charge is -2.36. The Balaban J connectivity index is 2.53. The first-order valence-corrected chi connectivity index (χ1v) is 9.09. The van der Waals surface area contributed by atoms with Crippen molar-refractivity contribution in [2.24, 2.45) is 5.92 Å². The van der Waals surface area contributed by atoms with Crippen molar-refractivity contribution in [3.8, 4) is 5.75 Å². The van der Waals surface area contributed by atoms with Crippen LogP contribution in [0, 0.1) is 19.8 Å². The van der Waals surface area contributed by atoms with Gasteiger partial charge in [0.1, 0.15) is 11.8 Å². The topological polar surface area (TPSA) is 75.7 Å². The minimum Gasteiger partial charge on any atom is -0.496 e. The number of hydrogen-bond acceptors (Lipinski definition) is 4. The molecule has 23 heavy (non-hydrogen) atoms. The number of benzene rings is 1. The highest BCUT2D eigenvalue weighted by atomic mass is 32.2. The molecule has 1 N–H and O–H groups in total. The van der Waals surface area contributed by atoms with Gasteiger partial charge >= 0.3 is 0 Å². The molecule has 1 aromatic carbocycles. The van der Waals surface area contributed by atoms with Gasteiger partial charge in [-0.25, -0.2) is 8.42 Å². The van der Waals surface area contributed by atoms with Crippen molar-refractivity contribution < 1.29 is 17.9 Å². The fourth-order valence-corrected chi connectivity index (χ4v) is 4.97. The molecule has 1 fully saturated rings. The molecular weight excluding hydrogens is 316 g/mol. The molecule has 1 aliphatic heterocycles. The molecule has 0 saturated carbocycles. The summed E-state index contributed by atoms with van der Waals surface area (Å²) in [6.07, 6.45) is 0. The van der Waals surface area contributed by atoms with Crippen molar-refractivity contribution in [2.75, 3.05) is 20.2 Å². The Kier molecular flexibility index (Phi) is 5.01. The SMILES string of the molecule is COc1ccc(S(=O)(=O)N2CCNC(=O)C2C(C)C)c(C)c1C. The van der Waals surface area contributed by atoms with E-state index in [1.807, 2.05) is 20.8 Å². The summed E-state index contributed by atoms with van der Waals surface area (Å²) in [7, 11) is -2.20. The second-order valence-corrected chi connectivity index (χ2v) is 7.97. The van der Waals surface area contributed by atoms with E-state index in [0.29, 0.717) is 17.9 Å². The Labute approximate surface area is 137 Å². The fraction of sp³-hybridized carbons (Fsp3) is 0.562. The number of ether oxygens (including phenoxy) is 1. The Morgan fingerprint density at radius 2 is 1.91 bits per heavy atom. The number of carbonyl (C=O) groups excluding carboxylic acids is 1. The maximum atomic E-state index is 13.1. The van der Waals surface area contributed by atoms with Crippen molar-refractivity contribution >= 4 is 15.9 Å². The predicted octanol–water partition coefficient (Wildman–Crippen LogP) is 1.46. The van der Waals surface area contributed by atoms with Crippen LogP contribution in [0.5, 0.6) is 5.75 Å². The number of hydrogen-bond donors (Lipinski definition) is 1. The lowest BCUT2D eigenvalue weighted by atomic mass is 10.0. The van der Waals surface area contributed by atoms with Crippen molar-refractivity contribution in [1.29, 1.82) is 0 Å². The van der Waals surface area contributed by atoms with Crippen LogP contribution in [0.4, 0.5) is 0 Å². The monoisotopic (exact) mass is 340 g/mol. The second-order valence-electron chi connectivity index (χ2n) is 6.11. The van der Waals surface area contributed by atoms with Crippen LogP contribution in [-0.4, -0.2) is 44.9 Å². The zero-order chi connectivity index (χ0) is 17.4. The highest BCUT2D eigenvalue weighted by Gasteiger charge is 2.40. The highest BCUT2D eigenvalue weighted by molar-refractivity contribution is 7.89. The van der Waals surface area contributed by atoms with E-state index in [1.54, 1.807) is 26.2 Å². The van der Waals surface area contributed by atoms with Crippen LogP contribution in [0.25, 0.3) is 0 Å². The van der Waals surface area contributed by atoms with Crippen molar-refractivity contribution in [3.63, 3.8) is 0 Å². The Hall–Kier alpha value is -1.60. The van der Waals surface area contributed by atoms with Gasteiger partial charge in [-0.05, 0) is 43.0 Å². The summed E-state index contributed by atoms with van der Waals surface area (Å²) in [5, 5.41) is 2.75. The quantitative estimate of drug-likeness (QED) is 0.900. The summed E-state index contributed by atoms with van der Waals surface area (Å²) < 4.78 is 32.8. The third-order valence-corrected chi connectivity index (χ3v) is 6.36. The zero-order valence-corrected chi connectivity index (χ0v) is 15.0. The maximum absolute atomic E-state index is 13.1. The van der Waals surface area contributed by atoms with Gasteiger partial charge in [-0.2, -0.15) is 4.31 Å². The lowest BCUT2D eigenvalue weighted by molar-refractivity contribution is -0.128. The molecule has 6 nitrogen and oxygen atoms in total. The Morgan fingerprint density at radius 3 is 2.48 bits per heavy atom. The third-order valence-electron chi connectivity index (χ3n) is 4.34. The van der Waals surface area contributed by atoms with E-state index in [2.05, 4.69) is 5.32 Å². The van der Waals surface area contributed by atoms with Crippen molar-refractivity contribution in [3.05, 3.63) is 23.3 Å². The molecule has 128 valence electrons. The predicted molar refractivity (Wildman–Crippen MR) is 88.0 cm³/mol. The van der Waals surface area contributed by atoms with Gasteiger partial charge < -0.3 is 10.1 Å². The van der Waals surface area contributed by atoms with E-state index in [-0.39, 0.29) is 23.3 Å². The molecule has 0 bridgehead atoms. The van der Waals surface area contributed by atoms with E-state index in [1.165, 1.54) is 4.31 Å². The molecule has 0 aliphatic carbocycles. The van der Waals surface area contributed by atoms with Crippen LogP contribution in [0.1, 0.15) is 25.0 Å². The molecule has 1 heterocycles. The van der Waals surface area contributed by atoms with Gasteiger partial charge in [-0.1, -0.05) is 13.8 Å². The number of piperazine rings is 1. The summed E-state index contributed by atoms with van der Waals surface area (Å²) in [6, 6.07) is 2.53. The van der Waals surface area contributed by atoms with E-state index < -0.39 is 16.1 Å². The lowest BCUT2D eigenvalue weighted by Crippen LogP contribution is -2.59. The normalized spacial score (nSPS) is 19.7. The molecule has 0 spiro atoms. The van der Waals surface area contributed by atoms with E-state index in [9.17, 15) is 13.2 Å². The van der Waals surface area contributed by atoms with E-state index in [0.717, 1.165) is 5.56 Å². The summed E-state index contributed by atoms with van der Waals surface area (Å²) in [4.78, 5) is 12.4. The molecular formula is C16H24N2O4S. The van der Waals surface area contributed by atoms with Crippen LogP contribution in [0.3, 0.4) is 0 Å². The van der Waals surface area contributed by atoms with Crippen molar-refractivity contribution in [2.45, 2.75) is 38.6 Å². The largest absolute Gasteiger partial charge is 0.496 e. The number of amides is 1. The van der Waals surface area contributed by atoms with Gasteiger partial charge in [-0.3, -0.25) is 4.79 Å². The minimum absolute atomic E-state index is 0.107. The molecule has 2 rings (SSSR count). The van der Waals surface area contributed by atoms with Gasteiger partial charge in [0.15, 0.2) is 0 Å². The van der Waals surface area contributed by atoms with Crippen LogP contribution < -0.4 is 10.1 Å².